The van der Waals surface area contributed by atoms with Crippen molar-refractivity contribution >= 4 is 22.4 Å². The summed E-state index contributed by atoms with van der Waals surface area (Å²) in [6.07, 6.45) is 0. The molecular weight excluding hydrogens is 294 g/mol. The van der Waals surface area contributed by atoms with Crippen LogP contribution in [0.3, 0.4) is 0 Å². The van der Waals surface area contributed by atoms with E-state index in [1.807, 2.05) is 12.1 Å². The fraction of sp³-hybridized carbons (Fsp3) is 0.118. The van der Waals surface area contributed by atoms with Crippen LogP contribution in [0.2, 0.25) is 0 Å². The minimum Gasteiger partial charge on any atom is -0.508 e. The number of carbonyl (C=O) groups is 1. The van der Waals surface area contributed by atoms with Crippen LogP contribution in [0.15, 0.2) is 53.3 Å². The van der Waals surface area contributed by atoms with Gasteiger partial charge in [-0.3, -0.25) is 9.59 Å². The van der Waals surface area contributed by atoms with Gasteiger partial charge in [0.2, 0.25) is 5.91 Å². The normalized spacial score (nSPS) is 10.7. The quantitative estimate of drug-likeness (QED) is 0.725. The van der Waals surface area contributed by atoms with Crippen LogP contribution < -0.4 is 10.9 Å². The highest BCUT2D eigenvalue weighted by Gasteiger charge is 2.11. The van der Waals surface area contributed by atoms with Crippen LogP contribution in [-0.2, 0) is 11.3 Å². The fourth-order valence-corrected chi connectivity index (χ4v) is 2.39. The van der Waals surface area contributed by atoms with Gasteiger partial charge >= 0.3 is 0 Å². The smallest absolute Gasteiger partial charge is 0.275 e. The van der Waals surface area contributed by atoms with Crippen LogP contribution in [0.25, 0.3) is 10.8 Å². The average molecular weight is 309 g/mol. The van der Waals surface area contributed by atoms with Gasteiger partial charge in [0, 0.05) is 11.1 Å². The van der Waals surface area contributed by atoms with Gasteiger partial charge in [-0.2, -0.15) is 5.10 Å². The van der Waals surface area contributed by atoms with Gasteiger partial charge in [0.1, 0.15) is 12.3 Å². The van der Waals surface area contributed by atoms with E-state index in [9.17, 15) is 14.7 Å². The van der Waals surface area contributed by atoms with E-state index in [1.165, 1.54) is 12.1 Å². The van der Waals surface area contributed by atoms with Crippen LogP contribution >= 0.6 is 0 Å². The molecular formula is C17H15N3O3. The third-order valence-electron chi connectivity index (χ3n) is 3.50. The number of nitrogens with zero attached hydrogens (tertiary/aromatic N) is 2. The number of phenols is 1. The zero-order valence-corrected chi connectivity index (χ0v) is 12.5. The third-order valence-corrected chi connectivity index (χ3v) is 3.50. The Morgan fingerprint density at radius 2 is 1.78 bits per heavy atom. The van der Waals surface area contributed by atoms with Crippen molar-refractivity contribution < 1.29 is 9.90 Å². The Hall–Kier alpha value is -3.15. The fourth-order valence-electron chi connectivity index (χ4n) is 2.39. The van der Waals surface area contributed by atoms with Crippen molar-refractivity contribution in [1.29, 1.82) is 0 Å². The maximum atomic E-state index is 12.4. The van der Waals surface area contributed by atoms with Crippen molar-refractivity contribution in [3.8, 4) is 5.75 Å². The first kappa shape index (κ1) is 14.8. The van der Waals surface area contributed by atoms with Gasteiger partial charge < -0.3 is 10.4 Å². The van der Waals surface area contributed by atoms with E-state index in [-0.39, 0.29) is 23.8 Å². The Morgan fingerprint density at radius 1 is 1.13 bits per heavy atom. The molecule has 0 radical (unpaired) electrons. The van der Waals surface area contributed by atoms with E-state index in [2.05, 4.69) is 10.4 Å². The van der Waals surface area contributed by atoms with Gasteiger partial charge in [-0.1, -0.05) is 18.2 Å². The molecule has 2 N–H and O–H groups in total. The molecule has 0 spiro atoms. The number of anilines is 1. The van der Waals surface area contributed by atoms with Crippen LogP contribution in [0.4, 0.5) is 5.69 Å². The number of fused-ring (bicyclic) bond motifs is 1. The Balaban J connectivity index is 1.86. The Kier molecular flexibility index (Phi) is 3.80. The lowest BCUT2D eigenvalue weighted by Gasteiger charge is -2.09. The summed E-state index contributed by atoms with van der Waals surface area (Å²) in [4.78, 5) is 24.5. The minimum absolute atomic E-state index is 0.117. The predicted octanol–water partition coefficient (Wildman–Crippen LogP) is 2.05. The maximum Gasteiger partial charge on any atom is 0.275 e. The molecule has 6 heteroatoms. The van der Waals surface area contributed by atoms with Crippen molar-refractivity contribution in [1.82, 2.24) is 9.78 Å². The molecule has 0 saturated heterocycles. The van der Waals surface area contributed by atoms with Crippen molar-refractivity contribution in [2.45, 2.75) is 13.5 Å². The predicted molar refractivity (Wildman–Crippen MR) is 87.5 cm³/mol. The Morgan fingerprint density at radius 3 is 2.48 bits per heavy atom. The highest BCUT2D eigenvalue weighted by Crippen LogP contribution is 2.14. The molecule has 0 aliphatic rings. The molecule has 6 nitrogen and oxygen atoms in total. The van der Waals surface area contributed by atoms with Crippen molar-refractivity contribution in [3.63, 3.8) is 0 Å². The summed E-state index contributed by atoms with van der Waals surface area (Å²) in [5.41, 5.74) is 0.933. The van der Waals surface area contributed by atoms with Gasteiger partial charge in [-0.25, -0.2) is 4.68 Å². The molecule has 0 fully saturated rings. The van der Waals surface area contributed by atoms with Crippen molar-refractivity contribution in [3.05, 3.63) is 64.6 Å². The molecule has 0 aliphatic carbocycles. The zero-order valence-electron chi connectivity index (χ0n) is 12.5. The SMILES string of the molecule is Cc1nn(CC(=O)Nc2ccc(O)cc2)c(=O)c2ccccc12. The second kappa shape index (κ2) is 5.92. The van der Waals surface area contributed by atoms with Crippen LogP contribution in [0.5, 0.6) is 5.75 Å². The Bertz CT molecular complexity index is 930. The topological polar surface area (TPSA) is 84.2 Å². The first-order chi connectivity index (χ1) is 11.0. The summed E-state index contributed by atoms with van der Waals surface area (Å²) in [6, 6.07) is 13.3. The summed E-state index contributed by atoms with van der Waals surface area (Å²) >= 11 is 0. The minimum atomic E-state index is -0.361. The summed E-state index contributed by atoms with van der Waals surface area (Å²) in [5.74, 6) is -0.244. The number of phenolic OH excluding ortho intramolecular Hbond substituents is 1. The first-order valence-corrected chi connectivity index (χ1v) is 7.10. The average Bonchev–Trinajstić information content (AvgIpc) is 2.54. The number of rotatable bonds is 3. The van der Waals surface area contributed by atoms with Crippen molar-refractivity contribution in [2.24, 2.45) is 0 Å². The lowest BCUT2D eigenvalue weighted by atomic mass is 10.1. The number of benzene rings is 2. The molecule has 1 amide bonds. The molecule has 3 rings (SSSR count). The van der Waals surface area contributed by atoms with Gasteiger partial charge in [-0.15, -0.1) is 0 Å². The van der Waals surface area contributed by atoms with E-state index in [0.717, 1.165) is 10.1 Å². The second-order valence-electron chi connectivity index (χ2n) is 5.19. The van der Waals surface area contributed by atoms with Crippen molar-refractivity contribution in [2.75, 3.05) is 5.32 Å². The van der Waals surface area contributed by atoms with E-state index in [1.54, 1.807) is 31.2 Å². The largest absolute Gasteiger partial charge is 0.508 e. The number of amides is 1. The molecule has 116 valence electrons. The molecule has 1 heterocycles. The third kappa shape index (κ3) is 3.06. The molecule has 23 heavy (non-hydrogen) atoms. The number of aromatic nitrogens is 2. The molecule has 0 unspecified atom stereocenters. The molecule has 0 saturated carbocycles. The number of aromatic hydroxyl groups is 1. The van der Waals surface area contributed by atoms with Crippen LogP contribution in [-0.4, -0.2) is 20.8 Å². The van der Waals surface area contributed by atoms with Crippen LogP contribution in [0.1, 0.15) is 5.69 Å². The summed E-state index contributed by atoms with van der Waals surface area (Å²) in [6.45, 7) is 1.63. The second-order valence-corrected chi connectivity index (χ2v) is 5.19. The van der Waals surface area contributed by atoms with E-state index in [4.69, 9.17) is 0 Å². The number of carbonyl (C=O) groups excluding carboxylic acids is 1. The lowest BCUT2D eigenvalue weighted by Crippen LogP contribution is -2.30. The summed E-state index contributed by atoms with van der Waals surface area (Å²) < 4.78 is 1.16. The maximum absolute atomic E-state index is 12.4. The van der Waals surface area contributed by atoms with E-state index >= 15 is 0 Å². The Labute approximate surface area is 132 Å². The first-order valence-electron chi connectivity index (χ1n) is 7.10. The number of nitrogens with one attached hydrogen (secondary N) is 1. The summed E-state index contributed by atoms with van der Waals surface area (Å²) in [5, 5.41) is 17.4. The summed E-state index contributed by atoms with van der Waals surface area (Å²) in [7, 11) is 0. The molecule has 2 aromatic carbocycles. The molecule has 3 aromatic rings. The van der Waals surface area contributed by atoms with Gasteiger partial charge in [0.25, 0.3) is 5.56 Å². The molecule has 0 aliphatic heterocycles. The molecule has 0 atom stereocenters. The van der Waals surface area contributed by atoms with Gasteiger partial charge in [0.15, 0.2) is 0 Å². The number of hydrogen-bond donors (Lipinski definition) is 2. The molecule has 0 bridgehead atoms. The molecule has 1 aromatic heterocycles. The van der Waals surface area contributed by atoms with E-state index < -0.39 is 0 Å². The van der Waals surface area contributed by atoms with Gasteiger partial charge in [-0.05, 0) is 37.3 Å². The van der Waals surface area contributed by atoms with Crippen LogP contribution in [0, 0.1) is 6.92 Å². The lowest BCUT2D eigenvalue weighted by molar-refractivity contribution is -0.117. The standard InChI is InChI=1S/C17H15N3O3/c1-11-14-4-2-3-5-15(14)17(23)20(19-11)10-16(22)18-12-6-8-13(21)9-7-12/h2-9,21H,10H2,1H3,(H,18,22). The highest BCUT2D eigenvalue weighted by atomic mass is 16.3. The highest BCUT2D eigenvalue weighted by molar-refractivity contribution is 5.91. The zero-order chi connectivity index (χ0) is 16.4. The van der Waals surface area contributed by atoms with Gasteiger partial charge in [0.05, 0.1) is 11.1 Å². The number of aryl methyl sites for hydroxylation is 1. The van der Waals surface area contributed by atoms with E-state index in [0.29, 0.717) is 16.8 Å². The monoisotopic (exact) mass is 309 g/mol. The number of hydrogen-bond acceptors (Lipinski definition) is 4.